The topological polar surface area (TPSA) is 89.9 Å². The molecule has 3 rings (SSSR count). The smallest absolute Gasteiger partial charge is 0.280 e. The zero-order valence-electron chi connectivity index (χ0n) is 14.2. The van der Waals surface area contributed by atoms with Crippen LogP contribution in [-0.2, 0) is 25.2 Å². The number of benzene rings is 1. The molecule has 1 aromatic heterocycles. The molecular weight excluding hydrogens is 374 g/mol. The summed E-state index contributed by atoms with van der Waals surface area (Å²) in [4.78, 5) is 22.5. The highest BCUT2D eigenvalue weighted by Gasteiger charge is 2.29. The molecule has 0 saturated heterocycles. The molecule has 1 atom stereocenters. The molecule has 1 amide bonds. The van der Waals surface area contributed by atoms with Gasteiger partial charge >= 0.3 is 0 Å². The van der Waals surface area contributed by atoms with Crippen molar-refractivity contribution in [3.63, 3.8) is 0 Å². The number of ether oxygens (including phenoxy) is 1. The Bertz CT molecular complexity index is 787. The Morgan fingerprint density at radius 3 is 2.73 bits per heavy atom. The molecule has 1 aliphatic rings. The van der Waals surface area contributed by atoms with Gasteiger partial charge in [0.15, 0.2) is 10.8 Å². The van der Waals surface area contributed by atoms with E-state index in [1.807, 2.05) is 0 Å². The van der Waals surface area contributed by atoms with Crippen LogP contribution in [0.4, 0.5) is 5.13 Å². The van der Waals surface area contributed by atoms with E-state index in [4.69, 9.17) is 9.57 Å². The van der Waals surface area contributed by atoms with Crippen LogP contribution in [0.3, 0.4) is 0 Å². The number of aromatic nitrogens is 1. The lowest BCUT2D eigenvalue weighted by Gasteiger charge is -2.08. The standard InChI is InChI=1S/C17H19N3O4S2/c1-23-9-10-24-20-15(16(21)19-17-18-8-11-25-17)12-2-4-13(5-3-12)26(22)14-6-7-14/h2-5,8,11,14H,6-7,9-10H2,1H3,(H,18,19,21)/b20-15+. The van der Waals surface area contributed by atoms with Crippen molar-refractivity contribution in [2.75, 3.05) is 25.6 Å². The number of thiazole rings is 1. The van der Waals surface area contributed by atoms with E-state index in [2.05, 4.69) is 15.5 Å². The van der Waals surface area contributed by atoms with Crippen LogP contribution in [-0.4, -0.2) is 46.4 Å². The van der Waals surface area contributed by atoms with Crippen LogP contribution in [0.2, 0.25) is 0 Å². The normalized spacial score (nSPS) is 15.5. The molecule has 1 aromatic carbocycles. The molecule has 9 heteroatoms. The van der Waals surface area contributed by atoms with Crippen molar-refractivity contribution in [3.8, 4) is 0 Å². The van der Waals surface area contributed by atoms with Gasteiger partial charge in [0.2, 0.25) is 0 Å². The molecule has 1 heterocycles. The van der Waals surface area contributed by atoms with E-state index in [0.29, 0.717) is 17.3 Å². The monoisotopic (exact) mass is 393 g/mol. The van der Waals surface area contributed by atoms with Gasteiger partial charge in [0.25, 0.3) is 5.91 Å². The van der Waals surface area contributed by atoms with Crippen molar-refractivity contribution in [1.29, 1.82) is 0 Å². The Balaban J connectivity index is 1.77. The highest BCUT2D eigenvalue weighted by Crippen LogP contribution is 2.30. The Morgan fingerprint density at radius 1 is 1.35 bits per heavy atom. The predicted octanol–water partition coefficient (Wildman–Crippen LogP) is 2.42. The first-order valence-electron chi connectivity index (χ1n) is 8.10. The number of anilines is 1. The van der Waals surface area contributed by atoms with E-state index in [1.54, 1.807) is 43.0 Å². The number of hydrogen-bond acceptors (Lipinski definition) is 7. The second-order valence-electron chi connectivity index (χ2n) is 5.58. The van der Waals surface area contributed by atoms with Crippen molar-refractivity contribution in [2.24, 2.45) is 5.16 Å². The molecule has 1 aliphatic carbocycles. The van der Waals surface area contributed by atoms with Crippen molar-refractivity contribution in [1.82, 2.24) is 4.98 Å². The summed E-state index contributed by atoms with van der Waals surface area (Å²) in [6.07, 6.45) is 3.61. The minimum absolute atomic E-state index is 0.125. The van der Waals surface area contributed by atoms with Crippen molar-refractivity contribution in [3.05, 3.63) is 41.4 Å². The lowest BCUT2D eigenvalue weighted by atomic mass is 10.1. The Hall–Kier alpha value is -2.10. The average molecular weight is 393 g/mol. The fourth-order valence-corrected chi connectivity index (χ4v) is 4.00. The molecule has 1 fully saturated rings. The molecule has 1 unspecified atom stereocenters. The number of methoxy groups -OCH3 is 1. The van der Waals surface area contributed by atoms with Crippen molar-refractivity contribution in [2.45, 2.75) is 23.0 Å². The van der Waals surface area contributed by atoms with Gasteiger partial charge in [0, 0.05) is 34.4 Å². The number of amides is 1. The van der Waals surface area contributed by atoms with Crippen molar-refractivity contribution >= 4 is 38.9 Å². The maximum Gasteiger partial charge on any atom is 0.280 e. The third-order valence-electron chi connectivity index (χ3n) is 3.59. The molecular formula is C17H19N3O4S2. The summed E-state index contributed by atoms with van der Waals surface area (Å²) in [7, 11) is 0.571. The van der Waals surface area contributed by atoms with E-state index >= 15 is 0 Å². The second kappa shape index (κ2) is 9.02. The van der Waals surface area contributed by atoms with Gasteiger partial charge in [-0.25, -0.2) is 4.98 Å². The number of carbonyl (C=O) groups excluding carboxylic acids is 1. The first kappa shape index (κ1) is 18.7. The van der Waals surface area contributed by atoms with E-state index in [0.717, 1.165) is 17.7 Å². The molecule has 26 heavy (non-hydrogen) atoms. The van der Waals surface area contributed by atoms with Crippen molar-refractivity contribution < 1.29 is 18.6 Å². The Morgan fingerprint density at radius 2 is 2.12 bits per heavy atom. The van der Waals surface area contributed by atoms with Crippen LogP contribution < -0.4 is 5.32 Å². The molecule has 1 saturated carbocycles. The molecule has 138 valence electrons. The lowest BCUT2D eigenvalue weighted by Crippen LogP contribution is -2.24. The maximum absolute atomic E-state index is 12.6. The fraction of sp³-hybridized carbons (Fsp3) is 0.353. The zero-order chi connectivity index (χ0) is 18.4. The summed E-state index contributed by atoms with van der Waals surface area (Å²) in [6.45, 7) is 0.596. The van der Waals surface area contributed by atoms with Crippen LogP contribution in [0, 0.1) is 0 Å². The van der Waals surface area contributed by atoms with Crippen LogP contribution in [0.5, 0.6) is 0 Å². The lowest BCUT2D eigenvalue weighted by molar-refractivity contribution is -0.110. The Labute approximate surface area is 157 Å². The maximum atomic E-state index is 12.6. The largest absolute Gasteiger partial charge is 0.393 e. The van der Waals surface area contributed by atoms with E-state index < -0.39 is 16.7 Å². The molecule has 0 spiro atoms. The van der Waals surface area contributed by atoms with Gasteiger partial charge in [-0.1, -0.05) is 17.3 Å². The number of nitrogens with zero attached hydrogens (tertiary/aromatic N) is 2. The minimum atomic E-state index is -0.987. The fourth-order valence-electron chi connectivity index (χ4n) is 2.12. The van der Waals surface area contributed by atoms with Gasteiger partial charge < -0.3 is 9.57 Å². The summed E-state index contributed by atoms with van der Waals surface area (Å²) in [6, 6.07) is 7.00. The van der Waals surface area contributed by atoms with E-state index in [-0.39, 0.29) is 17.6 Å². The molecule has 2 aromatic rings. The molecule has 0 bridgehead atoms. The van der Waals surface area contributed by atoms with Gasteiger partial charge in [-0.15, -0.1) is 11.3 Å². The molecule has 0 aliphatic heterocycles. The first-order valence-corrected chi connectivity index (χ1v) is 10.2. The average Bonchev–Trinajstić information content (AvgIpc) is 3.39. The quantitative estimate of drug-likeness (QED) is 0.401. The molecule has 7 nitrogen and oxygen atoms in total. The highest BCUT2D eigenvalue weighted by molar-refractivity contribution is 7.86. The Kier molecular flexibility index (Phi) is 6.48. The third-order valence-corrected chi connectivity index (χ3v) is 6.09. The number of carbonyl (C=O) groups is 1. The molecule has 0 radical (unpaired) electrons. The van der Waals surface area contributed by atoms with Gasteiger partial charge in [0.05, 0.1) is 17.4 Å². The summed E-state index contributed by atoms with van der Waals surface area (Å²) >= 11 is 1.31. The van der Waals surface area contributed by atoms with Gasteiger partial charge in [-0.05, 0) is 25.0 Å². The number of oxime groups is 1. The second-order valence-corrected chi connectivity index (χ2v) is 8.21. The first-order chi connectivity index (χ1) is 12.7. The van der Waals surface area contributed by atoms with Gasteiger partial charge in [0.1, 0.15) is 6.61 Å². The third kappa shape index (κ3) is 4.96. The van der Waals surface area contributed by atoms with E-state index in [9.17, 15) is 9.00 Å². The van der Waals surface area contributed by atoms with Crippen LogP contribution >= 0.6 is 11.3 Å². The van der Waals surface area contributed by atoms with Gasteiger partial charge in [-0.2, -0.15) is 0 Å². The summed E-state index contributed by atoms with van der Waals surface area (Å²) in [5, 5.41) is 9.16. The highest BCUT2D eigenvalue weighted by atomic mass is 32.2. The van der Waals surface area contributed by atoms with Crippen LogP contribution in [0.1, 0.15) is 18.4 Å². The molecule has 1 N–H and O–H groups in total. The van der Waals surface area contributed by atoms with Gasteiger partial charge in [-0.3, -0.25) is 14.3 Å². The SMILES string of the molecule is COCCO/N=C(/C(=O)Nc1nccs1)c1ccc(S(=O)C2CC2)cc1. The summed E-state index contributed by atoms with van der Waals surface area (Å²) < 4.78 is 17.1. The van der Waals surface area contributed by atoms with Crippen LogP contribution in [0.25, 0.3) is 0 Å². The zero-order valence-corrected chi connectivity index (χ0v) is 15.8. The number of nitrogens with one attached hydrogen (secondary N) is 1. The summed E-state index contributed by atoms with van der Waals surface area (Å²) in [5.41, 5.74) is 0.702. The van der Waals surface area contributed by atoms with E-state index in [1.165, 1.54) is 11.3 Å². The minimum Gasteiger partial charge on any atom is -0.393 e. The predicted molar refractivity (Wildman–Crippen MR) is 101 cm³/mol. The van der Waals surface area contributed by atoms with Crippen LogP contribution in [0.15, 0.2) is 45.9 Å². The number of hydrogen-bond donors (Lipinski definition) is 1. The summed E-state index contributed by atoms with van der Waals surface area (Å²) in [5.74, 6) is -0.423. The number of rotatable bonds is 9.